The van der Waals surface area contributed by atoms with Crippen LogP contribution < -0.4 is 5.32 Å². The molecule has 1 amide bonds. The van der Waals surface area contributed by atoms with Gasteiger partial charge in [-0.2, -0.15) is 5.10 Å². The number of ether oxygens (including phenoxy) is 1. The van der Waals surface area contributed by atoms with Crippen LogP contribution in [0.5, 0.6) is 0 Å². The van der Waals surface area contributed by atoms with Crippen LogP contribution in [0.15, 0.2) is 58.2 Å². The van der Waals surface area contributed by atoms with Crippen molar-refractivity contribution in [1.29, 1.82) is 0 Å². The van der Waals surface area contributed by atoms with E-state index in [4.69, 9.17) is 4.74 Å². The van der Waals surface area contributed by atoms with E-state index in [1.165, 1.54) is 16.3 Å². The first-order valence-corrected chi connectivity index (χ1v) is 11.7. The molecule has 30 heavy (non-hydrogen) atoms. The Labute approximate surface area is 185 Å². The minimum absolute atomic E-state index is 0.165. The number of carbonyl (C=O) groups is 2. The molecular weight excluding hydrogens is 440 g/mol. The summed E-state index contributed by atoms with van der Waals surface area (Å²) >= 11 is 4.45. The number of carbonyl (C=O) groups excluding carboxylic acids is 2. The maximum atomic E-state index is 12.9. The van der Waals surface area contributed by atoms with Gasteiger partial charge < -0.3 is 10.1 Å². The summed E-state index contributed by atoms with van der Waals surface area (Å²) in [6, 6.07) is 7.69. The summed E-state index contributed by atoms with van der Waals surface area (Å²) in [5.41, 5.74) is 1.03. The molecule has 0 fully saturated rings. The number of hydrazone groups is 1. The van der Waals surface area contributed by atoms with Crippen molar-refractivity contribution in [2.45, 2.75) is 12.5 Å². The molecule has 3 aromatic rings. The number of thiophene rings is 2. The Hall–Kier alpha value is -2.82. The Morgan fingerprint density at radius 2 is 2.10 bits per heavy atom. The van der Waals surface area contributed by atoms with Gasteiger partial charge in [-0.15, -0.1) is 40.6 Å². The molecule has 0 saturated heterocycles. The summed E-state index contributed by atoms with van der Waals surface area (Å²) in [7, 11) is 0. The van der Waals surface area contributed by atoms with Crippen molar-refractivity contribution < 1.29 is 14.3 Å². The smallest absolute Gasteiger partial charge is 0.358 e. The zero-order chi connectivity index (χ0) is 20.9. The predicted molar refractivity (Wildman–Crippen MR) is 120 cm³/mol. The lowest BCUT2D eigenvalue weighted by Gasteiger charge is -2.20. The molecule has 0 aromatic carbocycles. The first-order valence-electron chi connectivity index (χ1n) is 9.10. The number of nitrogens with one attached hydrogen (secondary N) is 1. The molecule has 4 heterocycles. The van der Waals surface area contributed by atoms with E-state index in [1.54, 1.807) is 34.1 Å². The summed E-state index contributed by atoms with van der Waals surface area (Å²) in [6.07, 6.45) is 2.33. The summed E-state index contributed by atoms with van der Waals surface area (Å²) < 4.78 is 5.21. The number of hydrogen-bond acceptors (Lipinski definition) is 9. The van der Waals surface area contributed by atoms with E-state index in [-0.39, 0.29) is 17.6 Å². The molecule has 0 bridgehead atoms. The Bertz CT molecular complexity index is 1060. The Morgan fingerprint density at radius 3 is 2.83 bits per heavy atom. The summed E-state index contributed by atoms with van der Waals surface area (Å²) in [5.74, 6) is -1.01. The largest absolute Gasteiger partial charge is 0.451 e. The first-order chi connectivity index (χ1) is 14.7. The van der Waals surface area contributed by atoms with Gasteiger partial charge in [0.1, 0.15) is 0 Å². The van der Waals surface area contributed by atoms with Gasteiger partial charge in [0.05, 0.1) is 16.6 Å². The quantitative estimate of drug-likeness (QED) is 0.400. The van der Waals surface area contributed by atoms with E-state index in [0.29, 0.717) is 18.1 Å². The van der Waals surface area contributed by atoms with Crippen LogP contribution in [-0.4, -0.2) is 40.7 Å². The van der Waals surface area contributed by atoms with Crippen LogP contribution in [0.2, 0.25) is 0 Å². The van der Waals surface area contributed by atoms with Gasteiger partial charge >= 0.3 is 5.97 Å². The highest BCUT2D eigenvalue weighted by atomic mass is 32.1. The monoisotopic (exact) mass is 458 g/mol. The third-order valence-electron chi connectivity index (χ3n) is 4.28. The fraction of sp³-hybridized carbons (Fsp3) is 0.200. The van der Waals surface area contributed by atoms with Gasteiger partial charge in [0, 0.05) is 23.2 Å². The summed E-state index contributed by atoms with van der Waals surface area (Å²) in [5, 5.41) is 15.1. The Balaban J connectivity index is 1.43. The van der Waals surface area contributed by atoms with E-state index in [1.807, 2.05) is 35.0 Å². The highest BCUT2D eigenvalue weighted by Crippen LogP contribution is 2.35. The van der Waals surface area contributed by atoms with Crippen molar-refractivity contribution in [1.82, 2.24) is 9.99 Å². The molecule has 0 aliphatic carbocycles. The van der Waals surface area contributed by atoms with E-state index < -0.39 is 12.6 Å². The van der Waals surface area contributed by atoms with Gasteiger partial charge in [-0.3, -0.25) is 4.79 Å². The predicted octanol–water partition coefficient (Wildman–Crippen LogP) is 4.40. The number of anilines is 1. The standard InChI is InChI=1S/C20H18N4O3S3/c1-2-7-21-20-22-14(12-30-20)19(26)27-11-18(25)24-15(17-6-4-9-29-17)10-13(23-24)16-5-3-8-28-16/h2-6,8-9,12,15H,1,7,10-11H2,(H,21,22). The second-order valence-corrected chi connectivity index (χ2v) is 9.07. The topological polar surface area (TPSA) is 83.9 Å². The second-order valence-electron chi connectivity index (χ2n) is 6.28. The zero-order valence-corrected chi connectivity index (χ0v) is 18.3. The second kappa shape index (κ2) is 9.33. The van der Waals surface area contributed by atoms with Crippen molar-refractivity contribution in [3.63, 3.8) is 0 Å². The van der Waals surface area contributed by atoms with Crippen LogP contribution in [0.1, 0.15) is 32.7 Å². The van der Waals surface area contributed by atoms with E-state index in [0.717, 1.165) is 15.5 Å². The van der Waals surface area contributed by atoms with E-state index in [9.17, 15) is 9.59 Å². The van der Waals surface area contributed by atoms with E-state index in [2.05, 4.69) is 22.0 Å². The molecular formula is C20H18N4O3S3. The number of aromatic nitrogens is 1. The number of nitrogens with zero attached hydrogens (tertiary/aromatic N) is 3. The van der Waals surface area contributed by atoms with Gasteiger partial charge in [-0.05, 0) is 22.9 Å². The molecule has 0 radical (unpaired) electrons. The van der Waals surface area contributed by atoms with Gasteiger partial charge in [-0.25, -0.2) is 14.8 Å². The van der Waals surface area contributed by atoms with Crippen LogP contribution >= 0.6 is 34.0 Å². The molecule has 154 valence electrons. The fourth-order valence-corrected chi connectivity index (χ4v) is 5.13. The van der Waals surface area contributed by atoms with Gasteiger partial charge in [-0.1, -0.05) is 18.2 Å². The molecule has 4 rings (SSSR count). The molecule has 1 N–H and O–H groups in total. The molecule has 10 heteroatoms. The van der Waals surface area contributed by atoms with Crippen LogP contribution in [0.4, 0.5) is 5.13 Å². The van der Waals surface area contributed by atoms with Crippen molar-refractivity contribution in [3.8, 4) is 0 Å². The normalized spacial score (nSPS) is 15.7. The highest BCUT2D eigenvalue weighted by molar-refractivity contribution is 7.14. The Kier molecular flexibility index (Phi) is 6.36. The molecule has 0 spiro atoms. The summed E-state index contributed by atoms with van der Waals surface area (Å²) in [6.45, 7) is 3.77. The minimum atomic E-state index is -0.638. The van der Waals surface area contributed by atoms with Crippen LogP contribution in [0.3, 0.4) is 0 Å². The van der Waals surface area contributed by atoms with Crippen molar-refractivity contribution in [3.05, 3.63) is 68.5 Å². The maximum absolute atomic E-state index is 12.9. The molecule has 1 atom stereocenters. The van der Waals surface area contributed by atoms with Crippen LogP contribution in [-0.2, 0) is 9.53 Å². The highest BCUT2D eigenvalue weighted by Gasteiger charge is 2.34. The molecule has 1 aliphatic heterocycles. The minimum Gasteiger partial charge on any atom is -0.451 e. The number of amides is 1. The van der Waals surface area contributed by atoms with Gasteiger partial charge in [0.2, 0.25) is 0 Å². The van der Waals surface area contributed by atoms with Gasteiger partial charge in [0.25, 0.3) is 5.91 Å². The third kappa shape index (κ3) is 4.50. The fourth-order valence-electron chi connectivity index (χ4n) is 2.91. The zero-order valence-electron chi connectivity index (χ0n) is 15.8. The average Bonchev–Trinajstić information content (AvgIpc) is 3.56. The third-order valence-corrected chi connectivity index (χ3v) is 6.97. The van der Waals surface area contributed by atoms with Crippen LogP contribution in [0, 0.1) is 0 Å². The van der Waals surface area contributed by atoms with Crippen molar-refractivity contribution >= 4 is 56.7 Å². The molecule has 0 saturated carbocycles. The molecule has 1 aliphatic rings. The number of esters is 1. The SMILES string of the molecule is C=CCNc1nc(C(=O)OCC(=O)N2N=C(c3cccs3)CC2c2cccs2)cs1. The summed E-state index contributed by atoms with van der Waals surface area (Å²) in [4.78, 5) is 31.4. The average molecular weight is 459 g/mol. The van der Waals surface area contributed by atoms with Crippen molar-refractivity contribution in [2.24, 2.45) is 5.10 Å². The number of hydrogen-bond donors (Lipinski definition) is 1. The lowest BCUT2D eigenvalue weighted by atomic mass is 10.1. The number of rotatable bonds is 8. The maximum Gasteiger partial charge on any atom is 0.358 e. The lowest BCUT2D eigenvalue weighted by molar-refractivity contribution is -0.136. The number of thiazole rings is 1. The Morgan fingerprint density at radius 1 is 1.27 bits per heavy atom. The van der Waals surface area contributed by atoms with Gasteiger partial charge in [0.15, 0.2) is 17.4 Å². The van der Waals surface area contributed by atoms with Crippen molar-refractivity contribution in [2.75, 3.05) is 18.5 Å². The van der Waals surface area contributed by atoms with Crippen LogP contribution in [0.25, 0.3) is 0 Å². The lowest BCUT2D eigenvalue weighted by Crippen LogP contribution is -2.31. The van der Waals surface area contributed by atoms with E-state index >= 15 is 0 Å². The molecule has 3 aromatic heterocycles. The molecule has 7 nitrogen and oxygen atoms in total. The first kappa shape index (κ1) is 20.5. The molecule has 1 unspecified atom stereocenters.